The molecule has 1 aromatic carbocycles. The van der Waals surface area contributed by atoms with E-state index < -0.39 is 0 Å². The molecule has 0 radical (unpaired) electrons. The summed E-state index contributed by atoms with van der Waals surface area (Å²) in [5.74, 6) is 1.84. The quantitative estimate of drug-likeness (QED) is 0.678. The van der Waals surface area contributed by atoms with Gasteiger partial charge in [-0.2, -0.15) is 0 Å². The Balaban J connectivity index is 2.36. The van der Waals surface area contributed by atoms with Gasteiger partial charge in [0.2, 0.25) is 0 Å². The maximum absolute atomic E-state index is 6.32. The molecular formula is C17H25ClO2. The molecule has 20 heavy (non-hydrogen) atoms. The Hall–Kier alpha value is -0.730. The van der Waals surface area contributed by atoms with E-state index in [1.807, 2.05) is 6.07 Å². The molecule has 0 N–H and O–H groups in total. The van der Waals surface area contributed by atoms with E-state index in [1.165, 1.54) is 11.1 Å². The van der Waals surface area contributed by atoms with Crippen molar-refractivity contribution < 1.29 is 9.47 Å². The molecule has 0 bridgehead atoms. The molecule has 0 saturated carbocycles. The lowest BCUT2D eigenvalue weighted by molar-refractivity contribution is 0.352. The molecule has 3 heteroatoms. The highest BCUT2D eigenvalue weighted by Gasteiger charge is 2.36. The minimum atomic E-state index is 0.395. The minimum Gasteiger partial charge on any atom is -0.496 e. The Bertz CT molecular complexity index is 470. The van der Waals surface area contributed by atoms with Crippen LogP contribution in [0.25, 0.3) is 0 Å². The van der Waals surface area contributed by atoms with Crippen molar-refractivity contribution in [1.82, 2.24) is 0 Å². The first-order valence-electron chi connectivity index (χ1n) is 7.50. The van der Waals surface area contributed by atoms with Crippen LogP contribution in [-0.2, 0) is 4.74 Å². The first-order valence-corrected chi connectivity index (χ1v) is 7.88. The number of hydrogen-bond donors (Lipinski definition) is 0. The maximum Gasteiger partial charge on any atom is 0.125 e. The summed E-state index contributed by atoms with van der Waals surface area (Å²) in [5.41, 5.74) is 2.42. The van der Waals surface area contributed by atoms with Crippen LogP contribution in [0, 0.1) is 0 Å². The molecule has 3 unspecified atom stereocenters. The van der Waals surface area contributed by atoms with Crippen LogP contribution in [0.15, 0.2) is 12.1 Å². The van der Waals surface area contributed by atoms with Crippen molar-refractivity contribution in [2.24, 2.45) is 0 Å². The molecule has 1 heterocycles. The second kappa shape index (κ2) is 6.36. The minimum absolute atomic E-state index is 0.395. The largest absolute Gasteiger partial charge is 0.496 e. The Labute approximate surface area is 127 Å². The summed E-state index contributed by atoms with van der Waals surface area (Å²) in [7, 11) is 1.75. The lowest BCUT2D eigenvalue weighted by Crippen LogP contribution is -2.07. The monoisotopic (exact) mass is 296 g/mol. The highest BCUT2D eigenvalue weighted by molar-refractivity contribution is 6.30. The normalized spacial score (nSPS) is 22.9. The molecule has 1 aliphatic heterocycles. The van der Waals surface area contributed by atoms with Gasteiger partial charge in [0.15, 0.2) is 0 Å². The molecule has 0 aliphatic carbocycles. The van der Waals surface area contributed by atoms with Crippen LogP contribution < -0.4 is 4.74 Å². The van der Waals surface area contributed by atoms with Gasteiger partial charge in [-0.1, -0.05) is 32.4 Å². The van der Waals surface area contributed by atoms with Gasteiger partial charge >= 0.3 is 0 Å². The molecule has 1 aromatic rings. The number of benzene rings is 1. The van der Waals surface area contributed by atoms with E-state index in [4.69, 9.17) is 21.1 Å². The molecule has 1 saturated heterocycles. The average molecular weight is 297 g/mol. The van der Waals surface area contributed by atoms with Crippen LogP contribution in [-0.4, -0.2) is 19.3 Å². The summed E-state index contributed by atoms with van der Waals surface area (Å²) < 4.78 is 11.3. The highest BCUT2D eigenvalue weighted by atomic mass is 35.5. The standard InChI is InChI=1S/C17H25ClO2/c1-6-12(7-16-11(4)20-16)15-9-13(18)8-14(10(2)3)17(15)19-5/h8-12,16H,6-7H2,1-5H3. The topological polar surface area (TPSA) is 21.8 Å². The molecule has 1 aliphatic rings. The fourth-order valence-electron chi connectivity index (χ4n) is 2.88. The van der Waals surface area contributed by atoms with Gasteiger partial charge in [-0.3, -0.25) is 0 Å². The summed E-state index contributed by atoms with van der Waals surface area (Å²) >= 11 is 6.32. The van der Waals surface area contributed by atoms with Crippen LogP contribution in [0.1, 0.15) is 63.5 Å². The number of methoxy groups -OCH3 is 1. The van der Waals surface area contributed by atoms with Crippen molar-refractivity contribution in [1.29, 1.82) is 0 Å². The zero-order chi connectivity index (χ0) is 14.9. The van der Waals surface area contributed by atoms with E-state index in [0.717, 1.165) is 23.6 Å². The molecule has 112 valence electrons. The second-order valence-corrected chi connectivity index (χ2v) is 6.43. The smallest absolute Gasteiger partial charge is 0.125 e. The predicted molar refractivity (Wildman–Crippen MR) is 84.1 cm³/mol. The highest BCUT2D eigenvalue weighted by Crippen LogP contribution is 2.42. The number of epoxide rings is 1. The third-order valence-electron chi connectivity index (χ3n) is 4.22. The Morgan fingerprint density at radius 2 is 1.90 bits per heavy atom. The molecular weight excluding hydrogens is 272 g/mol. The molecule has 3 atom stereocenters. The summed E-state index contributed by atoms with van der Waals surface area (Å²) in [4.78, 5) is 0. The van der Waals surface area contributed by atoms with Crippen LogP contribution in [0.2, 0.25) is 5.02 Å². The fourth-order valence-corrected chi connectivity index (χ4v) is 3.11. The van der Waals surface area contributed by atoms with Crippen LogP contribution in [0.4, 0.5) is 0 Å². The molecule has 2 nitrogen and oxygen atoms in total. The SMILES string of the molecule is CCC(CC1OC1C)c1cc(Cl)cc(C(C)C)c1OC. The predicted octanol–water partition coefficient (Wildman–Crippen LogP) is 5.14. The molecule has 0 aromatic heterocycles. The van der Waals surface area contributed by atoms with Gasteiger partial charge < -0.3 is 9.47 Å². The van der Waals surface area contributed by atoms with Crippen LogP contribution in [0.5, 0.6) is 5.75 Å². The number of hydrogen-bond acceptors (Lipinski definition) is 2. The summed E-state index contributed by atoms with van der Waals surface area (Å²) in [6.07, 6.45) is 2.91. The van der Waals surface area contributed by atoms with E-state index >= 15 is 0 Å². The van der Waals surface area contributed by atoms with E-state index in [2.05, 4.69) is 33.8 Å². The van der Waals surface area contributed by atoms with Gasteiger partial charge in [-0.15, -0.1) is 0 Å². The average Bonchev–Trinajstić information content (AvgIpc) is 3.10. The van der Waals surface area contributed by atoms with E-state index in [0.29, 0.717) is 24.0 Å². The van der Waals surface area contributed by atoms with Gasteiger partial charge in [-0.05, 0) is 54.9 Å². The lowest BCUT2D eigenvalue weighted by Gasteiger charge is -2.22. The van der Waals surface area contributed by atoms with Gasteiger partial charge in [0.05, 0.1) is 19.3 Å². The van der Waals surface area contributed by atoms with E-state index in [-0.39, 0.29) is 0 Å². The van der Waals surface area contributed by atoms with E-state index in [1.54, 1.807) is 7.11 Å². The molecule has 0 amide bonds. The first-order chi connectivity index (χ1) is 9.47. The van der Waals surface area contributed by atoms with Crippen LogP contribution in [0.3, 0.4) is 0 Å². The van der Waals surface area contributed by atoms with Gasteiger partial charge in [0.25, 0.3) is 0 Å². The third-order valence-corrected chi connectivity index (χ3v) is 4.44. The van der Waals surface area contributed by atoms with E-state index in [9.17, 15) is 0 Å². The van der Waals surface area contributed by atoms with Gasteiger partial charge in [-0.25, -0.2) is 0 Å². The lowest BCUT2D eigenvalue weighted by atomic mass is 9.87. The zero-order valence-corrected chi connectivity index (χ0v) is 13.8. The van der Waals surface area contributed by atoms with Crippen LogP contribution >= 0.6 is 11.6 Å². The Morgan fingerprint density at radius 1 is 1.30 bits per heavy atom. The van der Waals surface area contributed by atoms with Gasteiger partial charge in [0.1, 0.15) is 5.75 Å². The van der Waals surface area contributed by atoms with Gasteiger partial charge in [0, 0.05) is 5.02 Å². The maximum atomic E-state index is 6.32. The second-order valence-electron chi connectivity index (χ2n) is 5.99. The Kier molecular flexibility index (Phi) is 4.98. The molecule has 0 spiro atoms. The third kappa shape index (κ3) is 3.29. The number of halogens is 1. The first kappa shape index (κ1) is 15.7. The van der Waals surface area contributed by atoms with Crippen molar-refractivity contribution in [2.75, 3.05) is 7.11 Å². The summed E-state index contributed by atoms with van der Waals surface area (Å²) in [5, 5.41) is 0.799. The molecule has 2 rings (SSSR count). The van der Waals surface area contributed by atoms with Crippen molar-refractivity contribution in [2.45, 2.75) is 64.6 Å². The van der Waals surface area contributed by atoms with Crippen molar-refractivity contribution in [3.8, 4) is 5.75 Å². The van der Waals surface area contributed by atoms with Crippen molar-refractivity contribution in [3.05, 3.63) is 28.3 Å². The number of ether oxygens (including phenoxy) is 2. The molecule has 1 fully saturated rings. The summed E-state index contributed by atoms with van der Waals surface area (Å²) in [6.45, 7) is 8.69. The number of rotatable bonds is 6. The summed E-state index contributed by atoms with van der Waals surface area (Å²) in [6, 6.07) is 4.09. The fraction of sp³-hybridized carbons (Fsp3) is 0.647. The zero-order valence-electron chi connectivity index (χ0n) is 13.1. The van der Waals surface area contributed by atoms with Crippen molar-refractivity contribution in [3.63, 3.8) is 0 Å². The van der Waals surface area contributed by atoms with Crippen molar-refractivity contribution >= 4 is 11.6 Å². The Morgan fingerprint density at radius 3 is 2.35 bits per heavy atom.